The number of anilines is 1. The summed E-state index contributed by atoms with van der Waals surface area (Å²) in [5, 5.41) is 13.8. The summed E-state index contributed by atoms with van der Waals surface area (Å²) < 4.78 is 0. The first-order chi connectivity index (χ1) is 9.64. The van der Waals surface area contributed by atoms with E-state index in [9.17, 15) is 14.9 Å². The Bertz CT molecular complexity index is 541. The van der Waals surface area contributed by atoms with E-state index >= 15 is 0 Å². The number of hydrogen-bond acceptors (Lipinski definition) is 4. The molecule has 0 aliphatic carbocycles. The van der Waals surface area contributed by atoms with Crippen molar-refractivity contribution in [3.8, 4) is 0 Å². The molecule has 0 aromatic heterocycles. The van der Waals surface area contributed by atoms with Gasteiger partial charge in [-0.1, -0.05) is 32.4 Å². The number of nitrogens with two attached hydrogens (primary N) is 1. The highest BCUT2D eigenvalue weighted by atomic mass is 35.5. The molecule has 6 nitrogen and oxygen atoms in total. The first-order valence-electron chi connectivity index (χ1n) is 6.59. The van der Waals surface area contributed by atoms with Crippen molar-refractivity contribution in [3.63, 3.8) is 0 Å². The molecule has 1 rings (SSSR count). The first kappa shape index (κ1) is 17.4. The van der Waals surface area contributed by atoms with Crippen molar-refractivity contribution in [3.05, 3.63) is 33.3 Å². The van der Waals surface area contributed by atoms with E-state index in [0.717, 1.165) is 0 Å². The molecular formula is C14H20ClN3O3. The number of carbonyl (C=O) groups is 1. The standard InChI is InChI=1S/C14H20ClN3O3/c1-14(2,3)7-9(8-16)13(19)17-11-5-4-10(15)6-12(11)18(20)21/h4-6,9H,7-8,16H2,1-3H3,(H,17,19). The van der Waals surface area contributed by atoms with E-state index in [2.05, 4.69) is 5.32 Å². The summed E-state index contributed by atoms with van der Waals surface area (Å²) in [6.45, 7) is 6.21. The fraction of sp³-hybridized carbons (Fsp3) is 0.500. The van der Waals surface area contributed by atoms with Gasteiger partial charge >= 0.3 is 0 Å². The summed E-state index contributed by atoms with van der Waals surface area (Å²) in [5.74, 6) is -0.724. The number of nitrogens with zero attached hydrogens (tertiary/aromatic N) is 1. The molecule has 21 heavy (non-hydrogen) atoms. The van der Waals surface area contributed by atoms with Crippen LogP contribution in [0.3, 0.4) is 0 Å². The minimum Gasteiger partial charge on any atom is -0.330 e. The Balaban J connectivity index is 2.94. The highest BCUT2D eigenvalue weighted by molar-refractivity contribution is 6.31. The molecule has 7 heteroatoms. The van der Waals surface area contributed by atoms with Gasteiger partial charge in [-0.2, -0.15) is 0 Å². The molecule has 1 unspecified atom stereocenters. The third kappa shape index (κ3) is 5.32. The zero-order chi connectivity index (χ0) is 16.2. The van der Waals surface area contributed by atoms with E-state index in [1.165, 1.54) is 18.2 Å². The quantitative estimate of drug-likeness (QED) is 0.644. The van der Waals surface area contributed by atoms with Gasteiger partial charge in [0.2, 0.25) is 5.91 Å². The average Bonchev–Trinajstić information content (AvgIpc) is 2.36. The molecule has 0 radical (unpaired) electrons. The highest BCUT2D eigenvalue weighted by Crippen LogP contribution is 2.29. The number of carbonyl (C=O) groups excluding carboxylic acids is 1. The molecule has 0 fully saturated rings. The number of nitro benzene ring substituents is 1. The number of nitrogens with one attached hydrogen (secondary N) is 1. The maximum Gasteiger partial charge on any atom is 0.294 e. The Kier molecular flexibility index (Phi) is 5.69. The molecule has 0 saturated carbocycles. The predicted molar refractivity (Wildman–Crippen MR) is 83.4 cm³/mol. The minimum atomic E-state index is -0.581. The summed E-state index contributed by atoms with van der Waals surface area (Å²) in [4.78, 5) is 22.6. The predicted octanol–water partition coefficient (Wildman–Crippen LogP) is 3.20. The van der Waals surface area contributed by atoms with Gasteiger partial charge in [0.15, 0.2) is 0 Å². The van der Waals surface area contributed by atoms with Gasteiger partial charge in [-0.05, 0) is 24.0 Å². The zero-order valence-electron chi connectivity index (χ0n) is 12.4. The van der Waals surface area contributed by atoms with Gasteiger partial charge in [0, 0.05) is 17.6 Å². The van der Waals surface area contributed by atoms with Crippen molar-refractivity contribution in [1.29, 1.82) is 0 Å². The van der Waals surface area contributed by atoms with Crippen LogP contribution in [0.5, 0.6) is 0 Å². The highest BCUT2D eigenvalue weighted by Gasteiger charge is 2.25. The average molecular weight is 314 g/mol. The largest absolute Gasteiger partial charge is 0.330 e. The molecule has 1 aromatic carbocycles. The number of nitro groups is 1. The minimum absolute atomic E-state index is 0.0622. The third-order valence-electron chi connectivity index (χ3n) is 2.93. The zero-order valence-corrected chi connectivity index (χ0v) is 13.1. The van der Waals surface area contributed by atoms with Crippen LogP contribution in [0.1, 0.15) is 27.2 Å². The molecule has 0 heterocycles. The maximum absolute atomic E-state index is 12.2. The second-order valence-corrected chi connectivity index (χ2v) is 6.54. The van der Waals surface area contributed by atoms with Crippen LogP contribution in [-0.2, 0) is 4.79 Å². The van der Waals surface area contributed by atoms with E-state index in [0.29, 0.717) is 6.42 Å². The van der Waals surface area contributed by atoms with Crippen molar-refractivity contribution in [2.75, 3.05) is 11.9 Å². The lowest BCUT2D eigenvalue weighted by molar-refractivity contribution is -0.383. The molecule has 0 spiro atoms. The fourth-order valence-electron chi connectivity index (χ4n) is 2.02. The maximum atomic E-state index is 12.2. The molecular weight excluding hydrogens is 294 g/mol. The van der Waals surface area contributed by atoms with Crippen molar-refractivity contribution < 1.29 is 9.72 Å². The molecule has 0 bridgehead atoms. The molecule has 3 N–H and O–H groups in total. The van der Waals surface area contributed by atoms with Crippen LogP contribution in [-0.4, -0.2) is 17.4 Å². The van der Waals surface area contributed by atoms with E-state index in [4.69, 9.17) is 17.3 Å². The number of benzene rings is 1. The molecule has 1 amide bonds. The van der Waals surface area contributed by atoms with E-state index < -0.39 is 10.8 Å². The molecule has 0 saturated heterocycles. The number of amides is 1. The Morgan fingerprint density at radius 3 is 2.57 bits per heavy atom. The van der Waals surface area contributed by atoms with Gasteiger partial charge in [-0.3, -0.25) is 14.9 Å². The van der Waals surface area contributed by atoms with Crippen LogP contribution < -0.4 is 11.1 Å². The van der Waals surface area contributed by atoms with Crippen LogP contribution in [0.4, 0.5) is 11.4 Å². The summed E-state index contributed by atoms with van der Waals surface area (Å²) >= 11 is 5.74. The van der Waals surface area contributed by atoms with Gasteiger partial charge in [-0.15, -0.1) is 0 Å². The topological polar surface area (TPSA) is 98.3 Å². The van der Waals surface area contributed by atoms with Crippen LogP contribution in [0.15, 0.2) is 18.2 Å². The Morgan fingerprint density at radius 1 is 1.48 bits per heavy atom. The van der Waals surface area contributed by atoms with Crippen molar-refractivity contribution >= 4 is 28.9 Å². The normalized spacial score (nSPS) is 12.8. The van der Waals surface area contributed by atoms with Gasteiger partial charge in [-0.25, -0.2) is 0 Å². The van der Waals surface area contributed by atoms with E-state index in [1.807, 2.05) is 20.8 Å². The van der Waals surface area contributed by atoms with E-state index in [1.54, 1.807) is 0 Å². The number of rotatable bonds is 5. The first-order valence-corrected chi connectivity index (χ1v) is 6.96. The van der Waals surface area contributed by atoms with Crippen molar-refractivity contribution in [1.82, 2.24) is 0 Å². The monoisotopic (exact) mass is 313 g/mol. The van der Waals surface area contributed by atoms with Crippen LogP contribution in [0.2, 0.25) is 5.02 Å². The molecule has 1 aromatic rings. The van der Waals surface area contributed by atoms with Crippen LogP contribution >= 0.6 is 11.6 Å². The summed E-state index contributed by atoms with van der Waals surface area (Å²) in [5.41, 5.74) is 5.47. The lowest BCUT2D eigenvalue weighted by Gasteiger charge is -2.24. The second kappa shape index (κ2) is 6.87. The molecule has 1 atom stereocenters. The van der Waals surface area contributed by atoms with Gasteiger partial charge in [0.25, 0.3) is 5.69 Å². The Labute approximate surface area is 128 Å². The summed E-state index contributed by atoms with van der Waals surface area (Å²) in [6, 6.07) is 4.12. The van der Waals surface area contributed by atoms with Crippen molar-refractivity contribution in [2.24, 2.45) is 17.1 Å². The third-order valence-corrected chi connectivity index (χ3v) is 3.16. The lowest BCUT2D eigenvalue weighted by Crippen LogP contribution is -2.32. The van der Waals surface area contributed by atoms with Crippen molar-refractivity contribution in [2.45, 2.75) is 27.2 Å². The second-order valence-electron chi connectivity index (χ2n) is 6.11. The summed E-state index contributed by atoms with van der Waals surface area (Å²) in [7, 11) is 0. The molecule has 0 aliphatic rings. The van der Waals surface area contributed by atoms with Gasteiger partial charge in [0.05, 0.1) is 10.8 Å². The van der Waals surface area contributed by atoms with Gasteiger partial charge < -0.3 is 11.1 Å². The number of hydrogen-bond donors (Lipinski definition) is 2. The SMILES string of the molecule is CC(C)(C)CC(CN)C(=O)Nc1ccc(Cl)cc1[N+](=O)[O-]. The Hall–Kier alpha value is -1.66. The van der Waals surface area contributed by atoms with Crippen LogP contribution in [0, 0.1) is 21.4 Å². The van der Waals surface area contributed by atoms with E-state index in [-0.39, 0.29) is 34.3 Å². The van der Waals surface area contributed by atoms with Crippen LogP contribution in [0.25, 0.3) is 0 Å². The number of halogens is 1. The fourth-order valence-corrected chi connectivity index (χ4v) is 2.18. The smallest absolute Gasteiger partial charge is 0.294 e. The Morgan fingerprint density at radius 2 is 2.10 bits per heavy atom. The van der Waals surface area contributed by atoms with Gasteiger partial charge in [0.1, 0.15) is 5.69 Å². The molecule has 0 aliphatic heterocycles. The summed E-state index contributed by atoms with van der Waals surface area (Å²) in [6.07, 6.45) is 0.594. The lowest BCUT2D eigenvalue weighted by atomic mass is 9.84. The molecule has 116 valence electrons.